The second-order valence-corrected chi connectivity index (χ2v) is 7.26. The minimum atomic E-state index is -0.673. The number of nitrogens with one attached hydrogen (secondary N) is 1. The molecule has 1 aromatic carbocycles. The van der Waals surface area contributed by atoms with Gasteiger partial charge in [-0.05, 0) is 31.0 Å². The number of amides is 1. The standard InChI is InChI=1S/C19H24N4O4S/c1-5-9-20-14(24)11-28-16(21-13-8-6-7-12(2)10-13)15-17(25)22(3)19(27)23(4)18(15)26/h6-8,10,25H,5,9,11H2,1-4H3,(H,20,24). The Morgan fingerprint density at radius 1 is 1.25 bits per heavy atom. The van der Waals surface area contributed by atoms with Crippen molar-refractivity contribution < 1.29 is 9.90 Å². The van der Waals surface area contributed by atoms with Gasteiger partial charge in [0.1, 0.15) is 10.6 Å². The van der Waals surface area contributed by atoms with E-state index < -0.39 is 17.1 Å². The smallest absolute Gasteiger partial charge is 0.333 e. The Balaban J connectivity index is 2.55. The number of aromatic nitrogens is 2. The molecule has 0 aliphatic rings. The van der Waals surface area contributed by atoms with Crippen LogP contribution < -0.4 is 16.6 Å². The van der Waals surface area contributed by atoms with E-state index in [-0.39, 0.29) is 22.3 Å². The van der Waals surface area contributed by atoms with Crippen LogP contribution in [0.15, 0.2) is 38.8 Å². The zero-order valence-electron chi connectivity index (χ0n) is 16.4. The van der Waals surface area contributed by atoms with Crippen molar-refractivity contribution in [1.29, 1.82) is 0 Å². The van der Waals surface area contributed by atoms with Gasteiger partial charge in [0, 0.05) is 20.6 Å². The van der Waals surface area contributed by atoms with Gasteiger partial charge in [-0.1, -0.05) is 30.8 Å². The zero-order valence-corrected chi connectivity index (χ0v) is 17.2. The van der Waals surface area contributed by atoms with Crippen LogP contribution in [0.3, 0.4) is 0 Å². The van der Waals surface area contributed by atoms with E-state index in [0.29, 0.717) is 12.2 Å². The van der Waals surface area contributed by atoms with Crippen LogP contribution in [0, 0.1) is 6.92 Å². The second kappa shape index (κ2) is 9.41. The molecule has 0 bridgehead atoms. The van der Waals surface area contributed by atoms with Crippen LogP contribution in [-0.4, -0.2) is 37.5 Å². The topological polar surface area (TPSA) is 106 Å². The first-order valence-electron chi connectivity index (χ1n) is 8.80. The number of rotatable bonds is 6. The number of nitrogens with zero attached hydrogens (tertiary/aromatic N) is 3. The maximum absolute atomic E-state index is 12.7. The first kappa shape index (κ1) is 21.5. The van der Waals surface area contributed by atoms with Gasteiger partial charge in [0.15, 0.2) is 0 Å². The summed E-state index contributed by atoms with van der Waals surface area (Å²) >= 11 is 1.03. The number of carbonyl (C=O) groups is 1. The van der Waals surface area contributed by atoms with Crippen LogP contribution in [0.4, 0.5) is 5.69 Å². The molecule has 0 saturated heterocycles. The highest BCUT2D eigenvalue weighted by Crippen LogP contribution is 2.23. The molecule has 9 heteroatoms. The number of aromatic hydroxyl groups is 1. The zero-order chi connectivity index (χ0) is 20.8. The molecule has 2 N–H and O–H groups in total. The quantitative estimate of drug-likeness (QED) is 0.560. The summed E-state index contributed by atoms with van der Waals surface area (Å²) in [6.45, 7) is 4.41. The minimum Gasteiger partial charge on any atom is -0.494 e. The summed E-state index contributed by atoms with van der Waals surface area (Å²) < 4.78 is 1.87. The lowest BCUT2D eigenvalue weighted by Crippen LogP contribution is -2.39. The maximum Gasteiger partial charge on any atom is 0.333 e. The third kappa shape index (κ3) is 4.92. The van der Waals surface area contributed by atoms with Crippen molar-refractivity contribution in [2.45, 2.75) is 20.3 Å². The molecule has 28 heavy (non-hydrogen) atoms. The molecule has 0 radical (unpaired) electrons. The van der Waals surface area contributed by atoms with Crippen molar-refractivity contribution in [1.82, 2.24) is 14.5 Å². The number of carbonyl (C=O) groups excluding carboxylic acids is 1. The third-order valence-electron chi connectivity index (χ3n) is 3.99. The fourth-order valence-corrected chi connectivity index (χ4v) is 3.31. The summed E-state index contributed by atoms with van der Waals surface area (Å²) in [5.41, 5.74) is 0.121. The van der Waals surface area contributed by atoms with Gasteiger partial charge in [0.05, 0.1) is 11.4 Å². The van der Waals surface area contributed by atoms with E-state index in [0.717, 1.165) is 32.9 Å². The molecule has 0 fully saturated rings. The molecular formula is C19H24N4O4S. The molecule has 150 valence electrons. The van der Waals surface area contributed by atoms with Crippen molar-refractivity contribution >= 4 is 28.4 Å². The largest absolute Gasteiger partial charge is 0.494 e. The lowest BCUT2D eigenvalue weighted by molar-refractivity contribution is -0.118. The van der Waals surface area contributed by atoms with E-state index in [2.05, 4.69) is 10.3 Å². The lowest BCUT2D eigenvalue weighted by atomic mass is 10.2. The van der Waals surface area contributed by atoms with Gasteiger partial charge in [-0.15, -0.1) is 0 Å². The molecule has 1 aromatic heterocycles. The number of thioether (sulfide) groups is 1. The Bertz CT molecular complexity index is 1020. The molecule has 0 aliphatic heterocycles. The van der Waals surface area contributed by atoms with Crippen molar-refractivity contribution in [2.75, 3.05) is 12.3 Å². The SMILES string of the molecule is CCCNC(=O)CSC(=Nc1cccc(C)c1)c1c(O)n(C)c(=O)n(C)c1=O. The third-order valence-corrected chi connectivity index (χ3v) is 4.97. The molecular weight excluding hydrogens is 380 g/mol. The molecule has 0 aliphatic carbocycles. The van der Waals surface area contributed by atoms with Crippen LogP contribution in [-0.2, 0) is 18.9 Å². The molecule has 1 amide bonds. The van der Waals surface area contributed by atoms with Crippen LogP contribution in [0.25, 0.3) is 0 Å². The van der Waals surface area contributed by atoms with Crippen LogP contribution in [0.1, 0.15) is 24.5 Å². The van der Waals surface area contributed by atoms with Crippen molar-refractivity contribution in [2.24, 2.45) is 19.1 Å². The van der Waals surface area contributed by atoms with Gasteiger partial charge >= 0.3 is 5.69 Å². The first-order valence-corrected chi connectivity index (χ1v) is 9.79. The Labute approximate surface area is 166 Å². The summed E-state index contributed by atoms with van der Waals surface area (Å²) in [6, 6.07) is 7.31. The van der Waals surface area contributed by atoms with Gasteiger partial charge < -0.3 is 10.4 Å². The van der Waals surface area contributed by atoms with Crippen molar-refractivity contribution in [3.63, 3.8) is 0 Å². The summed E-state index contributed by atoms with van der Waals surface area (Å²) in [6.07, 6.45) is 0.808. The predicted molar refractivity (Wildman–Crippen MR) is 112 cm³/mol. The Morgan fingerprint density at radius 2 is 1.96 bits per heavy atom. The van der Waals surface area contributed by atoms with Gasteiger partial charge in [0.2, 0.25) is 11.8 Å². The van der Waals surface area contributed by atoms with E-state index in [9.17, 15) is 19.5 Å². The average Bonchev–Trinajstić information content (AvgIpc) is 2.67. The monoisotopic (exact) mass is 404 g/mol. The number of hydrogen-bond donors (Lipinski definition) is 2. The van der Waals surface area contributed by atoms with E-state index in [4.69, 9.17) is 0 Å². The normalized spacial score (nSPS) is 11.5. The van der Waals surface area contributed by atoms with Gasteiger partial charge in [-0.2, -0.15) is 0 Å². The number of hydrogen-bond acceptors (Lipinski definition) is 6. The molecule has 8 nitrogen and oxygen atoms in total. The highest BCUT2D eigenvalue weighted by atomic mass is 32.2. The van der Waals surface area contributed by atoms with E-state index in [1.165, 1.54) is 14.1 Å². The summed E-state index contributed by atoms with van der Waals surface area (Å²) in [5.74, 6) is -0.665. The predicted octanol–water partition coefficient (Wildman–Crippen LogP) is 1.44. The number of benzene rings is 1. The van der Waals surface area contributed by atoms with E-state index >= 15 is 0 Å². The van der Waals surface area contributed by atoms with Gasteiger partial charge in [-0.3, -0.25) is 18.7 Å². The summed E-state index contributed by atoms with van der Waals surface area (Å²) in [4.78, 5) is 41.2. The Kier molecular flexibility index (Phi) is 7.22. The Morgan fingerprint density at radius 3 is 2.61 bits per heavy atom. The molecule has 0 saturated carbocycles. The summed E-state index contributed by atoms with van der Waals surface area (Å²) in [5, 5.41) is 13.4. The Hall–Kier alpha value is -2.81. The molecule has 1 heterocycles. The van der Waals surface area contributed by atoms with Crippen LogP contribution in [0.5, 0.6) is 5.88 Å². The fourth-order valence-electron chi connectivity index (χ4n) is 2.45. The lowest BCUT2D eigenvalue weighted by Gasteiger charge is -2.12. The molecule has 2 aromatic rings. The molecule has 0 spiro atoms. The number of aryl methyl sites for hydroxylation is 1. The van der Waals surface area contributed by atoms with E-state index in [1.54, 1.807) is 6.07 Å². The minimum absolute atomic E-state index is 0.0239. The van der Waals surface area contributed by atoms with Gasteiger partial charge in [0.25, 0.3) is 5.56 Å². The number of aliphatic imine (C=N–C) groups is 1. The molecule has 2 rings (SSSR count). The van der Waals surface area contributed by atoms with Crippen LogP contribution in [0.2, 0.25) is 0 Å². The maximum atomic E-state index is 12.7. The second-order valence-electron chi connectivity index (χ2n) is 6.30. The van der Waals surface area contributed by atoms with Crippen LogP contribution >= 0.6 is 11.8 Å². The average molecular weight is 404 g/mol. The highest BCUT2D eigenvalue weighted by molar-refractivity contribution is 8.15. The van der Waals surface area contributed by atoms with Gasteiger partial charge in [-0.25, -0.2) is 9.79 Å². The molecule has 0 atom stereocenters. The van der Waals surface area contributed by atoms with Crippen molar-refractivity contribution in [3.05, 3.63) is 56.2 Å². The first-order chi connectivity index (χ1) is 13.3. The highest BCUT2D eigenvalue weighted by Gasteiger charge is 2.21. The fraction of sp³-hybridized carbons (Fsp3) is 0.368. The summed E-state index contributed by atoms with van der Waals surface area (Å²) in [7, 11) is 2.69. The van der Waals surface area contributed by atoms with E-state index in [1.807, 2.05) is 32.0 Å². The van der Waals surface area contributed by atoms with Crippen molar-refractivity contribution in [3.8, 4) is 5.88 Å². The molecule has 0 unspecified atom stereocenters.